The van der Waals surface area contributed by atoms with Crippen LogP contribution < -0.4 is 11.2 Å². The van der Waals surface area contributed by atoms with Crippen LogP contribution in [0.1, 0.15) is 44.4 Å². The second-order valence-corrected chi connectivity index (χ2v) is 6.25. The van der Waals surface area contributed by atoms with Crippen molar-refractivity contribution in [3.8, 4) is 0 Å². The molecule has 0 saturated carbocycles. The summed E-state index contributed by atoms with van der Waals surface area (Å²) in [6.07, 6.45) is 2.88. The van der Waals surface area contributed by atoms with E-state index in [0.29, 0.717) is 6.42 Å². The molecule has 9 heteroatoms. The summed E-state index contributed by atoms with van der Waals surface area (Å²) in [6.45, 7) is 1.63. The van der Waals surface area contributed by atoms with Crippen molar-refractivity contribution >= 4 is 28.0 Å². The summed E-state index contributed by atoms with van der Waals surface area (Å²) >= 11 is 3.08. The zero-order chi connectivity index (χ0) is 18.4. The number of aliphatic hydroxyl groups is 1. The third-order valence-corrected chi connectivity index (χ3v) is 4.19. The summed E-state index contributed by atoms with van der Waals surface area (Å²) in [5.41, 5.74) is -0.878. The standard InChI is InChI=1S/C16H21BrN2O6/c1-2-3-4-14(21)25-11-7-13(24-12(11)9-20)19-8-10(5-6-17)15(22)18-16(19)23/h5-6,8,11-13,20H,2-4,7,9H2,1H3,(H,18,22,23)/b6-5+/t11-,12+,13+/m0/s1. The van der Waals surface area contributed by atoms with Crippen molar-refractivity contribution in [2.24, 2.45) is 0 Å². The molecule has 3 atom stereocenters. The summed E-state index contributed by atoms with van der Waals surface area (Å²) in [7, 11) is 0. The number of unbranched alkanes of at least 4 members (excludes halogenated alkanes) is 1. The number of hydrogen-bond donors (Lipinski definition) is 2. The fourth-order valence-electron chi connectivity index (χ4n) is 2.61. The predicted octanol–water partition coefficient (Wildman–Crippen LogP) is 1.28. The van der Waals surface area contributed by atoms with Gasteiger partial charge in [0.1, 0.15) is 18.4 Å². The number of esters is 1. The van der Waals surface area contributed by atoms with Gasteiger partial charge in [0.15, 0.2) is 0 Å². The maximum absolute atomic E-state index is 12.1. The minimum Gasteiger partial charge on any atom is -0.459 e. The number of aromatic amines is 1. The first-order valence-electron chi connectivity index (χ1n) is 8.08. The zero-order valence-electron chi connectivity index (χ0n) is 13.8. The number of aromatic nitrogens is 2. The third kappa shape index (κ3) is 4.90. The fraction of sp³-hybridized carbons (Fsp3) is 0.562. The number of H-pyrrole nitrogens is 1. The average Bonchev–Trinajstić information content (AvgIpc) is 2.98. The molecule has 2 N–H and O–H groups in total. The van der Waals surface area contributed by atoms with Gasteiger partial charge >= 0.3 is 11.7 Å². The molecule has 2 heterocycles. The predicted molar refractivity (Wildman–Crippen MR) is 94.3 cm³/mol. The molecule has 25 heavy (non-hydrogen) atoms. The van der Waals surface area contributed by atoms with E-state index >= 15 is 0 Å². The molecule has 138 valence electrons. The van der Waals surface area contributed by atoms with Crippen molar-refractivity contribution in [1.82, 2.24) is 9.55 Å². The SMILES string of the molecule is CCCCC(=O)O[C@H]1C[C@H](n2cc(/C=C/Br)c(=O)[nH]c2=O)O[C@@H]1CO. The van der Waals surface area contributed by atoms with E-state index in [2.05, 4.69) is 20.9 Å². The van der Waals surface area contributed by atoms with Crippen LogP contribution in [0.25, 0.3) is 6.08 Å². The molecule has 2 rings (SSSR count). The first-order valence-corrected chi connectivity index (χ1v) is 8.99. The van der Waals surface area contributed by atoms with Crippen LogP contribution in [0.4, 0.5) is 0 Å². The summed E-state index contributed by atoms with van der Waals surface area (Å²) in [5, 5.41) is 9.46. The Morgan fingerprint density at radius 3 is 2.96 bits per heavy atom. The van der Waals surface area contributed by atoms with Crippen LogP contribution in [0.2, 0.25) is 0 Å². The molecule has 0 radical (unpaired) electrons. The van der Waals surface area contributed by atoms with E-state index in [1.54, 1.807) is 0 Å². The van der Waals surface area contributed by atoms with Gasteiger partial charge in [0, 0.05) is 19.0 Å². The van der Waals surface area contributed by atoms with Crippen LogP contribution in [0.15, 0.2) is 20.8 Å². The molecule has 1 saturated heterocycles. The highest BCUT2D eigenvalue weighted by molar-refractivity contribution is 9.11. The van der Waals surface area contributed by atoms with Gasteiger partial charge in [-0.1, -0.05) is 29.3 Å². The van der Waals surface area contributed by atoms with E-state index in [1.165, 1.54) is 21.8 Å². The van der Waals surface area contributed by atoms with E-state index in [9.17, 15) is 19.5 Å². The van der Waals surface area contributed by atoms with Crippen LogP contribution in [0.3, 0.4) is 0 Å². The number of aliphatic hydroxyl groups excluding tert-OH is 1. The molecule has 8 nitrogen and oxygen atoms in total. The molecular formula is C16H21BrN2O6. The molecule has 0 aliphatic carbocycles. The van der Waals surface area contributed by atoms with Gasteiger partial charge in [-0.2, -0.15) is 0 Å². The number of carbonyl (C=O) groups excluding carboxylic acids is 1. The summed E-state index contributed by atoms with van der Waals surface area (Å²) in [4.78, 5) is 39.3. The van der Waals surface area contributed by atoms with Gasteiger partial charge < -0.3 is 14.6 Å². The lowest BCUT2D eigenvalue weighted by Crippen LogP contribution is -2.33. The lowest BCUT2D eigenvalue weighted by atomic mass is 10.2. The van der Waals surface area contributed by atoms with Crippen molar-refractivity contribution in [3.63, 3.8) is 0 Å². The molecule has 0 unspecified atom stereocenters. The highest BCUT2D eigenvalue weighted by atomic mass is 79.9. The van der Waals surface area contributed by atoms with Crippen molar-refractivity contribution in [3.05, 3.63) is 37.6 Å². The topological polar surface area (TPSA) is 111 Å². The number of nitrogens with zero attached hydrogens (tertiary/aromatic N) is 1. The molecule has 1 aliphatic rings. The summed E-state index contributed by atoms with van der Waals surface area (Å²) in [5.74, 6) is -0.355. The Morgan fingerprint density at radius 1 is 1.56 bits per heavy atom. The van der Waals surface area contributed by atoms with E-state index in [-0.39, 0.29) is 24.6 Å². The maximum Gasteiger partial charge on any atom is 0.330 e. The van der Waals surface area contributed by atoms with Crippen LogP contribution in [-0.2, 0) is 14.3 Å². The first-order chi connectivity index (χ1) is 12.0. The minimum absolute atomic E-state index is 0.215. The van der Waals surface area contributed by atoms with Gasteiger partial charge in [-0.25, -0.2) is 4.79 Å². The third-order valence-electron chi connectivity index (χ3n) is 3.93. The molecule has 1 fully saturated rings. The molecule has 0 spiro atoms. The van der Waals surface area contributed by atoms with Gasteiger partial charge in [-0.15, -0.1) is 0 Å². The molecule has 1 aromatic rings. The lowest BCUT2D eigenvalue weighted by molar-refractivity contribution is -0.153. The number of nitrogens with one attached hydrogen (secondary N) is 1. The summed E-state index contributed by atoms with van der Waals surface area (Å²) < 4.78 is 12.3. The Kier molecular flexibility index (Phi) is 7.15. The Labute approximate surface area is 152 Å². The molecular weight excluding hydrogens is 396 g/mol. The second-order valence-electron chi connectivity index (χ2n) is 5.72. The highest BCUT2D eigenvalue weighted by Gasteiger charge is 2.38. The molecule has 0 amide bonds. The number of hydrogen-bond acceptors (Lipinski definition) is 6. The van der Waals surface area contributed by atoms with Crippen molar-refractivity contribution in [1.29, 1.82) is 0 Å². The fourth-order valence-corrected chi connectivity index (χ4v) is 2.89. The monoisotopic (exact) mass is 416 g/mol. The largest absolute Gasteiger partial charge is 0.459 e. The Morgan fingerprint density at radius 2 is 2.32 bits per heavy atom. The number of rotatable bonds is 7. The average molecular weight is 417 g/mol. The highest BCUT2D eigenvalue weighted by Crippen LogP contribution is 2.30. The lowest BCUT2D eigenvalue weighted by Gasteiger charge is -2.16. The van der Waals surface area contributed by atoms with E-state index in [1.807, 2.05) is 6.92 Å². The van der Waals surface area contributed by atoms with Crippen LogP contribution in [0, 0.1) is 0 Å². The smallest absolute Gasteiger partial charge is 0.330 e. The number of carbonyl (C=O) groups is 1. The minimum atomic E-state index is -0.743. The number of halogens is 1. The van der Waals surface area contributed by atoms with Gasteiger partial charge in [0.25, 0.3) is 5.56 Å². The molecule has 1 aliphatic heterocycles. The van der Waals surface area contributed by atoms with Gasteiger partial charge in [0.2, 0.25) is 0 Å². The van der Waals surface area contributed by atoms with Crippen molar-refractivity contribution in [2.45, 2.75) is 51.0 Å². The van der Waals surface area contributed by atoms with Crippen LogP contribution >= 0.6 is 15.9 Å². The van der Waals surface area contributed by atoms with Crippen molar-refractivity contribution in [2.75, 3.05) is 6.61 Å². The molecule has 0 aromatic carbocycles. The Bertz CT molecular complexity index is 741. The van der Waals surface area contributed by atoms with Gasteiger partial charge in [0.05, 0.1) is 12.2 Å². The van der Waals surface area contributed by atoms with Crippen molar-refractivity contribution < 1.29 is 19.4 Å². The van der Waals surface area contributed by atoms with E-state index < -0.39 is 29.7 Å². The quantitative estimate of drug-likeness (QED) is 0.647. The second kappa shape index (κ2) is 9.12. The maximum atomic E-state index is 12.1. The molecule has 1 aromatic heterocycles. The van der Waals surface area contributed by atoms with E-state index in [0.717, 1.165) is 12.8 Å². The van der Waals surface area contributed by atoms with Gasteiger partial charge in [-0.05, 0) is 17.5 Å². The first kappa shape index (κ1) is 19.6. The number of ether oxygens (including phenoxy) is 2. The van der Waals surface area contributed by atoms with Crippen LogP contribution in [-0.4, -0.2) is 39.4 Å². The van der Waals surface area contributed by atoms with Gasteiger partial charge in [-0.3, -0.25) is 19.1 Å². The Hall–Kier alpha value is -1.71. The summed E-state index contributed by atoms with van der Waals surface area (Å²) in [6, 6.07) is 0. The normalized spacial score (nSPS) is 23.2. The molecule has 0 bridgehead atoms. The Balaban J connectivity index is 2.19. The van der Waals surface area contributed by atoms with E-state index in [4.69, 9.17) is 9.47 Å². The zero-order valence-corrected chi connectivity index (χ0v) is 15.4. The van der Waals surface area contributed by atoms with Crippen LogP contribution in [0.5, 0.6) is 0 Å².